The smallest absolute Gasteiger partial charge is 0.421 e. The number of imide groups is 1. The Balaban J connectivity index is 1.53. The molecule has 1 aliphatic heterocycles. The lowest BCUT2D eigenvalue weighted by Crippen LogP contribution is -2.65. The Morgan fingerprint density at radius 2 is 1.32 bits per heavy atom. The average molecular weight is 491 g/mol. The van der Waals surface area contributed by atoms with E-state index in [2.05, 4.69) is 5.32 Å². The van der Waals surface area contributed by atoms with Crippen LogP contribution < -0.4 is 10.2 Å². The van der Waals surface area contributed by atoms with Crippen LogP contribution in [0, 0.1) is 0 Å². The Kier molecular flexibility index (Phi) is 6.81. The fourth-order valence-electron chi connectivity index (χ4n) is 4.67. The molecule has 6 nitrogen and oxygen atoms in total. The van der Waals surface area contributed by atoms with Gasteiger partial charge in [0.05, 0.1) is 5.69 Å². The van der Waals surface area contributed by atoms with Gasteiger partial charge >= 0.3 is 6.09 Å². The van der Waals surface area contributed by atoms with Crippen LogP contribution in [0.5, 0.6) is 0 Å². The molecule has 4 aromatic rings. The predicted octanol–water partition coefficient (Wildman–Crippen LogP) is 5.32. The highest BCUT2D eigenvalue weighted by Gasteiger charge is 2.50. The Bertz CT molecular complexity index is 1410. The highest BCUT2D eigenvalue weighted by atomic mass is 16.6. The number of nitrogens with zero attached hydrogens (tertiary/aromatic N) is 1. The highest BCUT2D eigenvalue weighted by Crippen LogP contribution is 2.35. The molecule has 3 amide bonds. The average Bonchev–Trinajstić information content (AvgIpc) is 2.94. The van der Waals surface area contributed by atoms with Crippen LogP contribution in [-0.4, -0.2) is 23.4 Å². The maximum absolute atomic E-state index is 14.2. The maximum Gasteiger partial charge on any atom is 0.421 e. The number of benzene rings is 4. The molecule has 0 spiro atoms. The number of ether oxygens (including phenoxy) is 1. The van der Waals surface area contributed by atoms with E-state index in [-0.39, 0.29) is 25.4 Å². The fraction of sp³-hybridized carbons (Fsp3) is 0.129. The summed E-state index contributed by atoms with van der Waals surface area (Å²) in [5, 5.41) is 3.01. The largest absolute Gasteiger partial charge is 0.444 e. The molecular formula is C31H26N2O4. The molecule has 4 aromatic carbocycles. The summed E-state index contributed by atoms with van der Waals surface area (Å²) in [7, 11) is 0. The van der Waals surface area contributed by atoms with Gasteiger partial charge in [0.1, 0.15) is 12.1 Å². The number of hydrogen-bond donors (Lipinski definition) is 1. The first kappa shape index (κ1) is 24.0. The zero-order valence-electron chi connectivity index (χ0n) is 20.2. The number of hydrogen-bond acceptors (Lipinski definition) is 4. The van der Waals surface area contributed by atoms with Crippen molar-refractivity contribution >= 4 is 23.6 Å². The second-order valence-corrected chi connectivity index (χ2v) is 9.05. The summed E-state index contributed by atoms with van der Waals surface area (Å²) in [6, 6.07) is 34.7. The molecule has 0 saturated heterocycles. The Hall–Kier alpha value is -4.71. The van der Waals surface area contributed by atoms with E-state index < -0.39 is 17.5 Å². The van der Waals surface area contributed by atoms with Gasteiger partial charge in [0, 0.05) is 18.4 Å². The first-order chi connectivity index (χ1) is 18.1. The summed E-state index contributed by atoms with van der Waals surface area (Å²) in [5.41, 5.74) is 1.93. The summed E-state index contributed by atoms with van der Waals surface area (Å²) in [6.45, 7) is 0.0215. The molecule has 1 unspecified atom stereocenters. The van der Waals surface area contributed by atoms with Crippen LogP contribution >= 0.6 is 0 Å². The van der Waals surface area contributed by atoms with Gasteiger partial charge in [-0.25, -0.2) is 9.69 Å². The number of amides is 3. The van der Waals surface area contributed by atoms with Crippen molar-refractivity contribution in [2.45, 2.75) is 25.0 Å². The first-order valence-electron chi connectivity index (χ1n) is 12.1. The summed E-state index contributed by atoms with van der Waals surface area (Å²) in [6.07, 6.45) is -0.340. The minimum Gasteiger partial charge on any atom is -0.444 e. The Morgan fingerprint density at radius 3 is 2.00 bits per heavy atom. The molecule has 1 aliphatic rings. The van der Waals surface area contributed by atoms with E-state index >= 15 is 0 Å². The highest BCUT2D eigenvalue weighted by molar-refractivity contribution is 6.19. The second kappa shape index (κ2) is 10.5. The van der Waals surface area contributed by atoms with Gasteiger partial charge in [-0.15, -0.1) is 0 Å². The van der Waals surface area contributed by atoms with E-state index in [0.717, 1.165) is 21.6 Å². The monoisotopic (exact) mass is 490 g/mol. The van der Waals surface area contributed by atoms with Crippen molar-refractivity contribution in [3.8, 4) is 0 Å². The first-order valence-corrected chi connectivity index (χ1v) is 12.1. The number of rotatable bonds is 6. The molecule has 5 rings (SSSR count). The standard InChI is InChI=1S/C31H26N2O4/c34-28(25-16-8-3-9-17-25)32-31(20-23-12-4-1-5-13-23)21-26-18-10-11-19-27(26)33(29(31)35)30(36)37-22-24-14-6-2-7-15-24/h1-19H,20-22H2,(H,32,34). The third-order valence-corrected chi connectivity index (χ3v) is 6.46. The molecule has 0 fully saturated rings. The van der Waals surface area contributed by atoms with Crippen molar-refractivity contribution in [1.29, 1.82) is 0 Å². The number of para-hydroxylation sites is 1. The molecule has 0 aromatic heterocycles. The van der Waals surface area contributed by atoms with Crippen LogP contribution in [0.1, 0.15) is 27.0 Å². The molecule has 0 bridgehead atoms. The van der Waals surface area contributed by atoms with Gasteiger partial charge in [0.2, 0.25) is 0 Å². The minimum atomic E-state index is -1.39. The third-order valence-electron chi connectivity index (χ3n) is 6.46. The zero-order chi connectivity index (χ0) is 25.7. The quantitative estimate of drug-likeness (QED) is 0.397. The number of carbonyl (C=O) groups is 3. The normalized spacial score (nSPS) is 16.5. The van der Waals surface area contributed by atoms with Crippen LogP contribution in [-0.2, 0) is 29.0 Å². The lowest BCUT2D eigenvalue weighted by atomic mass is 9.79. The van der Waals surface area contributed by atoms with E-state index in [9.17, 15) is 14.4 Å². The van der Waals surface area contributed by atoms with Gasteiger partial charge in [-0.1, -0.05) is 97.1 Å². The number of nitrogens with one attached hydrogen (secondary N) is 1. The fourth-order valence-corrected chi connectivity index (χ4v) is 4.67. The number of anilines is 1. The Labute approximate surface area is 215 Å². The van der Waals surface area contributed by atoms with E-state index in [1.165, 1.54) is 0 Å². The summed E-state index contributed by atoms with van der Waals surface area (Å²) >= 11 is 0. The number of carbonyl (C=O) groups excluding carboxylic acids is 3. The topological polar surface area (TPSA) is 75.7 Å². The zero-order valence-corrected chi connectivity index (χ0v) is 20.2. The summed E-state index contributed by atoms with van der Waals surface area (Å²) in [5.74, 6) is -0.917. The van der Waals surface area contributed by atoms with Gasteiger partial charge in [-0.2, -0.15) is 0 Å². The van der Waals surface area contributed by atoms with Crippen LogP contribution in [0.15, 0.2) is 115 Å². The maximum atomic E-state index is 14.2. The molecule has 1 heterocycles. The van der Waals surface area contributed by atoms with Crippen molar-refractivity contribution in [1.82, 2.24) is 5.32 Å². The number of fused-ring (bicyclic) bond motifs is 1. The molecule has 1 atom stereocenters. The third kappa shape index (κ3) is 5.14. The van der Waals surface area contributed by atoms with Gasteiger partial charge in [0.15, 0.2) is 0 Å². The van der Waals surface area contributed by atoms with Crippen molar-refractivity contribution in [3.05, 3.63) is 138 Å². The molecule has 184 valence electrons. The lowest BCUT2D eigenvalue weighted by molar-refractivity contribution is -0.124. The van der Waals surface area contributed by atoms with E-state index in [4.69, 9.17) is 4.74 Å². The van der Waals surface area contributed by atoms with Crippen molar-refractivity contribution < 1.29 is 19.1 Å². The minimum absolute atomic E-state index is 0.0215. The van der Waals surface area contributed by atoms with Crippen molar-refractivity contribution in [2.24, 2.45) is 0 Å². The van der Waals surface area contributed by atoms with E-state index in [0.29, 0.717) is 11.3 Å². The molecule has 37 heavy (non-hydrogen) atoms. The van der Waals surface area contributed by atoms with E-state index in [1.807, 2.05) is 78.9 Å². The van der Waals surface area contributed by atoms with Gasteiger partial charge in [-0.05, 0) is 34.9 Å². The van der Waals surface area contributed by atoms with Crippen LogP contribution in [0.4, 0.5) is 10.5 Å². The molecule has 0 saturated carbocycles. The Morgan fingerprint density at radius 1 is 0.757 bits per heavy atom. The molecule has 0 aliphatic carbocycles. The molecule has 1 N–H and O–H groups in total. The molecular weight excluding hydrogens is 464 g/mol. The van der Waals surface area contributed by atoms with Crippen LogP contribution in [0.3, 0.4) is 0 Å². The lowest BCUT2D eigenvalue weighted by Gasteiger charge is -2.41. The van der Waals surface area contributed by atoms with Crippen molar-refractivity contribution in [3.63, 3.8) is 0 Å². The van der Waals surface area contributed by atoms with Gasteiger partial charge in [0.25, 0.3) is 11.8 Å². The molecule has 6 heteroatoms. The van der Waals surface area contributed by atoms with E-state index in [1.54, 1.807) is 36.4 Å². The van der Waals surface area contributed by atoms with Crippen LogP contribution in [0.25, 0.3) is 0 Å². The predicted molar refractivity (Wildman–Crippen MR) is 141 cm³/mol. The SMILES string of the molecule is O=C(NC1(Cc2ccccc2)Cc2ccccc2N(C(=O)OCc2ccccc2)C1=O)c1ccccc1. The molecule has 0 radical (unpaired) electrons. The summed E-state index contributed by atoms with van der Waals surface area (Å²) < 4.78 is 5.58. The second-order valence-electron chi connectivity index (χ2n) is 9.05. The van der Waals surface area contributed by atoms with Gasteiger partial charge < -0.3 is 10.1 Å². The van der Waals surface area contributed by atoms with Gasteiger partial charge in [-0.3, -0.25) is 9.59 Å². The van der Waals surface area contributed by atoms with Crippen LogP contribution in [0.2, 0.25) is 0 Å². The summed E-state index contributed by atoms with van der Waals surface area (Å²) in [4.78, 5) is 42.1. The van der Waals surface area contributed by atoms with Crippen molar-refractivity contribution in [2.75, 3.05) is 4.90 Å².